The van der Waals surface area contributed by atoms with Gasteiger partial charge in [-0.1, -0.05) is 30.0 Å². The highest BCUT2D eigenvalue weighted by molar-refractivity contribution is 7.89. The predicted octanol–water partition coefficient (Wildman–Crippen LogP) is 0.566. The molecule has 1 aliphatic rings. The summed E-state index contributed by atoms with van der Waals surface area (Å²) in [7, 11) is -3.09. The first-order chi connectivity index (χ1) is 8.63. The van der Waals surface area contributed by atoms with E-state index in [4.69, 9.17) is 5.11 Å². The van der Waals surface area contributed by atoms with Gasteiger partial charge in [0.15, 0.2) is 0 Å². The second-order valence-corrected chi connectivity index (χ2v) is 6.21. The minimum atomic E-state index is -3.09. The molecule has 1 aliphatic heterocycles. The van der Waals surface area contributed by atoms with Crippen LogP contribution < -0.4 is 0 Å². The number of sulfonamides is 1. The average Bonchev–Trinajstić information content (AvgIpc) is 2.68. The third-order valence-corrected chi connectivity index (χ3v) is 4.77. The maximum Gasteiger partial charge on any atom is 0.214 e. The van der Waals surface area contributed by atoms with E-state index in [-0.39, 0.29) is 12.4 Å². The Morgan fingerprint density at radius 2 is 2.11 bits per heavy atom. The number of hydrogen-bond donors (Lipinski definition) is 1. The zero-order chi connectivity index (χ0) is 13.0. The summed E-state index contributed by atoms with van der Waals surface area (Å²) in [4.78, 5) is 0. The van der Waals surface area contributed by atoms with Gasteiger partial charge in [0, 0.05) is 18.7 Å². The summed E-state index contributed by atoms with van der Waals surface area (Å²) in [5.41, 5.74) is 1.65. The molecule has 1 saturated heterocycles. The van der Waals surface area contributed by atoms with Crippen LogP contribution in [0.5, 0.6) is 0 Å². The van der Waals surface area contributed by atoms with Crippen LogP contribution in [-0.4, -0.2) is 36.7 Å². The van der Waals surface area contributed by atoms with Crippen LogP contribution >= 0.6 is 0 Å². The second-order valence-electron chi connectivity index (χ2n) is 4.12. The first-order valence-electron chi connectivity index (χ1n) is 5.79. The van der Waals surface area contributed by atoms with E-state index in [0.29, 0.717) is 19.5 Å². The smallest absolute Gasteiger partial charge is 0.214 e. The van der Waals surface area contributed by atoms with Crippen molar-refractivity contribution >= 4 is 10.0 Å². The maximum absolute atomic E-state index is 11.7. The van der Waals surface area contributed by atoms with Gasteiger partial charge in [-0.3, -0.25) is 0 Å². The van der Waals surface area contributed by atoms with Crippen molar-refractivity contribution in [3.8, 4) is 11.8 Å². The second kappa shape index (κ2) is 5.53. The van der Waals surface area contributed by atoms with Gasteiger partial charge in [-0.15, -0.1) is 0 Å². The van der Waals surface area contributed by atoms with Crippen LogP contribution in [0, 0.1) is 11.8 Å². The summed E-state index contributed by atoms with van der Waals surface area (Å²) >= 11 is 0. The number of rotatable bonds is 2. The van der Waals surface area contributed by atoms with E-state index in [2.05, 4.69) is 11.8 Å². The molecule has 0 radical (unpaired) electrons. The van der Waals surface area contributed by atoms with Gasteiger partial charge in [0.2, 0.25) is 10.0 Å². The molecular weight excluding hydrogens is 250 g/mol. The Morgan fingerprint density at radius 1 is 1.33 bits per heavy atom. The maximum atomic E-state index is 11.7. The van der Waals surface area contributed by atoms with Crippen molar-refractivity contribution in [3.63, 3.8) is 0 Å². The standard InChI is InChI=1S/C13H15NO3S/c15-9-3-7-12-5-1-2-6-13(12)11-14-8-4-10-18(14,16)17/h1-2,5-6,15H,4,8-11H2. The lowest BCUT2D eigenvalue weighted by Gasteiger charge is -2.15. The monoisotopic (exact) mass is 265 g/mol. The van der Waals surface area contributed by atoms with E-state index in [9.17, 15) is 8.42 Å². The highest BCUT2D eigenvalue weighted by Gasteiger charge is 2.28. The quantitative estimate of drug-likeness (QED) is 0.795. The zero-order valence-electron chi connectivity index (χ0n) is 9.96. The molecule has 1 N–H and O–H groups in total. The van der Waals surface area contributed by atoms with Crippen LogP contribution in [0.1, 0.15) is 17.5 Å². The Kier molecular flexibility index (Phi) is 4.02. The number of aliphatic hydroxyl groups is 1. The molecule has 0 spiro atoms. The topological polar surface area (TPSA) is 57.6 Å². The first-order valence-corrected chi connectivity index (χ1v) is 7.40. The Hall–Kier alpha value is -1.35. The van der Waals surface area contributed by atoms with E-state index in [1.54, 1.807) is 0 Å². The Balaban J connectivity index is 2.24. The molecule has 0 amide bonds. The summed E-state index contributed by atoms with van der Waals surface area (Å²) in [5.74, 6) is 5.66. The van der Waals surface area contributed by atoms with Crippen LogP contribution in [0.3, 0.4) is 0 Å². The molecule has 0 aromatic heterocycles. The van der Waals surface area contributed by atoms with Crippen molar-refractivity contribution in [3.05, 3.63) is 35.4 Å². The van der Waals surface area contributed by atoms with Crippen LogP contribution in [0.2, 0.25) is 0 Å². The average molecular weight is 265 g/mol. The van der Waals surface area contributed by atoms with Crippen molar-refractivity contribution in [1.29, 1.82) is 0 Å². The molecule has 18 heavy (non-hydrogen) atoms. The third kappa shape index (κ3) is 2.91. The van der Waals surface area contributed by atoms with Crippen LogP contribution in [0.25, 0.3) is 0 Å². The number of hydrogen-bond acceptors (Lipinski definition) is 3. The summed E-state index contributed by atoms with van der Waals surface area (Å²) in [6.07, 6.45) is 0.687. The molecule has 1 aromatic rings. The molecule has 2 rings (SSSR count). The van der Waals surface area contributed by atoms with Gasteiger partial charge >= 0.3 is 0 Å². The number of benzene rings is 1. The van der Waals surface area contributed by atoms with Crippen molar-refractivity contribution in [2.24, 2.45) is 0 Å². The minimum Gasteiger partial charge on any atom is -0.384 e. The molecule has 5 heteroatoms. The molecule has 0 atom stereocenters. The molecule has 4 nitrogen and oxygen atoms in total. The molecule has 1 fully saturated rings. The molecule has 0 bridgehead atoms. The number of aliphatic hydroxyl groups excluding tert-OH is 1. The molecule has 1 heterocycles. The lowest BCUT2D eigenvalue weighted by Crippen LogP contribution is -2.25. The Bertz CT molecular complexity index is 584. The summed E-state index contributed by atoms with van der Waals surface area (Å²) < 4.78 is 25.0. The molecule has 0 aliphatic carbocycles. The molecule has 0 saturated carbocycles. The first kappa shape index (κ1) is 13.1. The zero-order valence-corrected chi connectivity index (χ0v) is 10.8. The fourth-order valence-electron chi connectivity index (χ4n) is 1.97. The van der Waals surface area contributed by atoms with E-state index in [1.807, 2.05) is 24.3 Å². The fraction of sp³-hybridized carbons (Fsp3) is 0.385. The highest BCUT2D eigenvalue weighted by Crippen LogP contribution is 2.19. The van der Waals surface area contributed by atoms with Crippen molar-refractivity contribution in [2.75, 3.05) is 18.9 Å². The third-order valence-electron chi connectivity index (χ3n) is 2.87. The normalized spacial score (nSPS) is 18.3. The Morgan fingerprint density at radius 3 is 2.78 bits per heavy atom. The number of nitrogens with zero attached hydrogens (tertiary/aromatic N) is 1. The van der Waals surface area contributed by atoms with Crippen molar-refractivity contribution in [2.45, 2.75) is 13.0 Å². The van der Waals surface area contributed by atoms with E-state index in [0.717, 1.165) is 11.1 Å². The van der Waals surface area contributed by atoms with Crippen molar-refractivity contribution < 1.29 is 13.5 Å². The van der Waals surface area contributed by atoms with Gasteiger partial charge in [-0.2, -0.15) is 4.31 Å². The van der Waals surface area contributed by atoms with E-state index in [1.165, 1.54) is 4.31 Å². The summed E-state index contributed by atoms with van der Waals surface area (Å²) in [6, 6.07) is 7.42. The van der Waals surface area contributed by atoms with Gasteiger partial charge in [-0.05, 0) is 18.1 Å². The summed E-state index contributed by atoms with van der Waals surface area (Å²) in [6.45, 7) is 0.735. The van der Waals surface area contributed by atoms with Gasteiger partial charge < -0.3 is 5.11 Å². The fourth-order valence-corrected chi connectivity index (χ4v) is 3.47. The van der Waals surface area contributed by atoms with Crippen LogP contribution in [-0.2, 0) is 16.6 Å². The minimum absolute atomic E-state index is 0.198. The van der Waals surface area contributed by atoms with Crippen LogP contribution in [0.15, 0.2) is 24.3 Å². The van der Waals surface area contributed by atoms with Gasteiger partial charge in [0.05, 0.1) is 5.75 Å². The van der Waals surface area contributed by atoms with Crippen LogP contribution in [0.4, 0.5) is 0 Å². The van der Waals surface area contributed by atoms with Gasteiger partial charge in [-0.25, -0.2) is 8.42 Å². The van der Waals surface area contributed by atoms with E-state index < -0.39 is 10.0 Å². The van der Waals surface area contributed by atoms with E-state index >= 15 is 0 Å². The van der Waals surface area contributed by atoms with Gasteiger partial charge in [0.1, 0.15) is 6.61 Å². The molecule has 1 aromatic carbocycles. The largest absolute Gasteiger partial charge is 0.384 e. The summed E-state index contributed by atoms with van der Waals surface area (Å²) in [5, 5.41) is 8.71. The predicted molar refractivity (Wildman–Crippen MR) is 69.2 cm³/mol. The molecular formula is C13H15NO3S. The van der Waals surface area contributed by atoms with Gasteiger partial charge in [0.25, 0.3) is 0 Å². The lowest BCUT2D eigenvalue weighted by atomic mass is 10.1. The highest BCUT2D eigenvalue weighted by atomic mass is 32.2. The molecule has 96 valence electrons. The molecule has 0 unspecified atom stereocenters. The lowest BCUT2D eigenvalue weighted by molar-refractivity contribution is 0.350. The SMILES string of the molecule is O=S1(=O)CCCN1Cc1ccccc1C#CCO. The van der Waals surface area contributed by atoms with Crippen molar-refractivity contribution in [1.82, 2.24) is 4.31 Å². The Labute approximate surface area is 107 Å².